The summed E-state index contributed by atoms with van der Waals surface area (Å²) in [6.45, 7) is 10.5. The number of aromatic nitrogens is 3. The Morgan fingerprint density at radius 2 is 1.78 bits per heavy atom. The summed E-state index contributed by atoms with van der Waals surface area (Å²) in [4.78, 5) is 7.00. The molecule has 1 aromatic heterocycles. The van der Waals surface area contributed by atoms with E-state index < -0.39 is 0 Å². The Balaban J connectivity index is 1.86. The van der Waals surface area contributed by atoms with Crippen molar-refractivity contribution in [2.45, 2.75) is 58.3 Å². The number of hydrogen-bond acceptors (Lipinski definition) is 4. The molecule has 0 aliphatic carbocycles. The molecule has 0 spiro atoms. The maximum atomic E-state index is 5.65. The highest BCUT2D eigenvalue weighted by Crippen LogP contribution is 2.30. The molecule has 0 saturated carbocycles. The topological polar surface area (TPSA) is 43.2 Å². The third-order valence-electron chi connectivity index (χ3n) is 3.69. The van der Waals surface area contributed by atoms with Crippen LogP contribution >= 0.6 is 0 Å². The minimum absolute atomic E-state index is 0.360. The van der Waals surface area contributed by atoms with E-state index in [1.165, 1.54) is 6.42 Å². The van der Waals surface area contributed by atoms with Crippen molar-refractivity contribution in [2.75, 3.05) is 18.0 Å². The highest BCUT2D eigenvalue weighted by molar-refractivity contribution is 5.33. The van der Waals surface area contributed by atoms with Crippen LogP contribution in [0.25, 0.3) is 0 Å². The van der Waals surface area contributed by atoms with Crippen LogP contribution in [-0.2, 0) is 4.74 Å². The Morgan fingerprint density at radius 3 is 2.22 bits per heavy atom. The second-order valence-corrected chi connectivity index (χ2v) is 5.98. The van der Waals surface area contributed by atoms with E-state index in [1.54, 1.807) is 0 Å². The van der Waals surface area contributed by atoms with Crippen molar-refractivity contribution in [1.82, 2.24) is 14.8 Å². The molecule has 0 radical (unpaired) electrons. The molecule has 0 N–H and O–H groups in total. The highest BCUT2D eigenvalue weighted by atomic mass is 16.5. The van der Waals surface area contributed by atoms with Gasteiger partial charge in [0.1, 0.15) is 5.82 Å². The summed E-state index contributed by atoms with van der Waals surface area (Å²) in [5.74, 6) is 2.37. The summed E-state index contributed by atoms with van der Waals surface area (Å²) < 4.78 is 7.71. The number of rotatable bonds is 3. The smallest absolute Gasteiger partial charge is 0.245 e. The van der Waals surface area contributed by atoms with Crippen molar-refractivity contribution in [3.8, 4) is 0 Å². The van der Waals surface area contributed by atoms with E-state index in [4.69, 9.17) is 9.72 Å². The largest absolute Gasteiger partial charge is 0.371 e. The number of fused-ring (bicyclic) bond motifs is 2. The number of piperidine rings is 1. The first-order valence-electron chi connectivity index (χ1n) is 6.91. The summed E-state index contributed by atoms with van der Waals surface area (Å²) in [6, 6.07) is 0.360. The van der Waals surface area contributed by atoms with Crippen LogP contribution in [0.4, 0.5) is 5.95 Å². The van der Waals surface area contributed by atoms with Crippen LogP contribution in [-0.4, -0.2) is 40.1 Å². The molecule has 4 heterocycles. The van der Waals surface area contributed by atoms with E-state index in [-0.39, 0.29) is 0 Å². The van der Waals surface area contributed by atoms with E-state index in [1.807, 2.05) is 0 Å². The maximum absolute atomic E-state index is 5.65. The molecular weight excluding hydrogens is 228 g/mol. The summed E-state index contributed by atoms with van der Waals surface area (Å²) in [5.41, 5.74) is 0. The van der Waals surface area contributed by atoms with Crippen LogP contribution in [0.5, 0.6) is 0 Å². The van der Waals surface area contributed by atoms with E-state index in [0.717, 1.165) is 24.9 Å². The zero-order valence-corrected chi connectivity index (χ0v) is 11.6. The molecule has 5 heteroatoms. The fourth-order valence-electron chi connectivity index (χ4n) is 2.75. The monoisotopic (exact) mass is 250 g/mol. The lowest BCUT2D eigenvalue weighted by atomic mass is 9.99. The molecule has 5 nitrogen and oxygen atoms in total. The molecule has 2 bridgehead atoms. The minimum atomic E-state index is 0.360. The lowest BCUT2D eigenvalue weighted by Crippen LogP contribution is -2.57. The van der Waals surface area contributed by atoms with E-state index in [9.17, 15) is 0 Å². The molecular formula is C13H22N4O. The van der Waals surface area contributed by atoms with Gasteiger partial charge in [0.2, 0.25) is 5.95 Å². The second kappa shape index (κ2) is 4.23. The van der Waals surface area contributed by atoms with Crippen molar-refractivity contribution in [3.05, 3.63) is 5.82 Å². The molecule has 18 heavy (non-hydrogen) atoms. The van der Waals surface area contributed by atoms with Crippen LogP contribution in [0.2, 0.25) is 0 Å². The van der Waals surface area contributed by atoms with Gasteiger partial charge in [-0.3, -0.25) is 0 Å². The molecule has 2 atom stereocenters. The van der Waals surface area contributed by atoms with Gasteiger partial charge in [-0.1, -0.05) is 13.8 Å². The summed E-state index contributed by atoms with van der Waals surface area (Å²) in [5, 5.41) is 4.69. The first-order chi connectivity index (χ1) is 8.54. The maximum Gasteiger partial charge on any atom is 0.245 e. The lowest BCUT2D eigenvalue weighted by molar-refractivity contribution is -0.133. The lowest BCUT2D eigenvalue weighted by Gasteiger charge is -2.46. The summed E-state index contributed by atoms with van der Waals surface area (Å²) in [6.07, 6.45) is 2.01. The molecule has 3 saturated heterocycles. The highest BCUT2D eigenvalue weighted by Gasteiger charge is 2.39. The predicted molar refractivity (Wildman–Crippen MR) is 70.0 cm³/mol. The van der Waals surface area contributed by atoms with Gasteiger partial charge in [-0.05, 0) is 13.8 Å². The Hall–Kier alpha value is -1.10. The fraction of sp³-hybridized carbons (Fsp3) is 0.846. The van der Waals surface area contributed by atoms with Gasteiger partial charge in [0.25, 0.3) is 0 Å². The first kappa shape index (κ1) is 12.0. The van der Waals surface area contributed by atoms with Crippen LogP contribution < -0.4 is 4.90 Å². The SMILES string of the molecule is CC(C)c1nc(N2CC3CC(C2)O3)nn1C(C)C. The normalized spacial score (nSPS) is 26.9. The fourth-order valence-corrected chi connectivity index (χ4v) is 2.75. The van der Waals surface area contributed by atoms with Crippen molar-refractivity contribution < 1.29 is 4.74 Å². The molecule has 3 fully saturated rings. The van der Waals surface area contributed by atoms with E-state index in [0.29, 0.717) is 24.2 Å². The third kappa shape index (κ3) is 1.90. The van der Waals surface area contributed by atoms with Gasteiger partial charge in [0.05, 0.1) is 12.2 Å². The molecule has 1 aromatic rings. The van der Waals surface area contributed by atoms with Crippen molar-refractivity contribution in [3.63, 3.8) is 0 Å². The average molecular weight is 250 g/mol. The predicted octanol–water partition coefficient (Wildman–Crippen LogP) is 1.96. The van der Waals surface area contributed by atoms with E-state index >= 15 is 0 Å². The average Bonchev–Trinajstić information content (AvgIpc) is 2.73. The molecule has 4 rings (SSSR count). The quantitative estimate of drug-likeness (QED) is 0.822. The van der Waals surface area contributed by atoms with E-state index in [2.05, 4.69) is 42.4 Å². The summed E-state index contributed by atoms with van der Waals surface area (Å²) >= 11 is 0. The van der Waals surface area contributed by atoms with Gasteiger partial charge in [0.15, 0.2) is 0 Å². The molecule has 3 aliphatic heterocycles. The Kier molecular flexibility index (Phi) is 2.81. The number of hydrogen-bond donors (Lipinski definition) is 0. The number of morpholine rings is 1. The number of nitrogens with zero attached hydrogens (tertiary/aromatic N) is 4. The first-order valence-corrected chi connectivity index (χ1v) is 6.91. The van der Waals surface area contributed by atoms with Crippen LogP contribution in [0.15, 0.2) is 0 Å². The zero-order valence-electron chi connectivity index (χ0n) is 11.6. The molecule has 100 valence electrons. The summed E-state index contributed by atoms with van der Waals surface area (Å²) in [7, 11) is 0. The standard InChI is InChI=1S/C13H22N4O/c1-8(2)12-14-13(15-17(12)9(3)4)16-6-10-5-11(7-16)18-10/h8-11H,5-7H2,1-4H3. The van der Waals surface area contributed by atoms with Crippen molar-refractivity contribution >= 4 is 5.95 Å². The van der Waals surface area contributed by atoms with Crippen LogP contribution in [0.1, 0.15) is 51.9 Å². The Labute approximate surface area is 108 Å². The molecule has 3 aliphatic rings. The number of ether oxygens (including phenoxy) is 1. The van der Waals surface area contributed by atoms with Gasteiger partial charge in [-0.15, -0.1) is 5.10 Å². The van der Waals surface area contributed by atoms with Gasteiger partial charge in [-0.25, -0.2) is 4.68 Å². The third-order valence-corrected chi connectivity index (χ3v) is 3.69. The molecule has 0 amide bonds. The Morgan fingerprint density at radius 1 is 1.17 bits per heavy atom. The van der Waals surface area contributed by atoms with Gasteiger partial charge >= 0.3 is 0 Å². The molecule has 2 unspecified atom stereocenters. The Bertz CT molecular complexity index is 399. The number of anilines is 1. The minimum Gasteiger partial charge on any atom is -0.371 e. The molecule has 0 aromatic carbocycles. The van der Waals surface area contributed by atoms with Gasteiger partial charge < -0.3 is 9.64 Å². The van der Waals surface area contributed by atoms with Crippen molar-refractivity contribution in [2.24, 2.45) is 0 Å². The second-order valence-electron chi connectivity index (χ2n) is 5.98. The van der Waals surface area contributed by atoms with Gasteiger partial charge in [0, 0.05) is 31.5 Å². The zero-order chi connectivity index (χ0) is 12.9. The van der Waals surface area contributed by atoms with Crippen LogP contribution in [0.3, 0.4) is 0 Å². The van der Waals surface area contributed by atoms with Crippen molar-refractivity contribution in [1.29, 1.82) is 0 Å². The van der Waals surface area contributed by atoms with Gasteiger partial charge in [-0.2, -0.15) is 4.98 Å². The van der Waals surface area contributed by atoms with Crippen LogP contribution in [0, 0.1) is 0 Å².